The Balaban J connectivity index is 2.56. The van der Waals surface area contributed by atoms with Gasteiger partial charge in [-0.3, -0.25) is 0 Å². The van der Waals surface area contributed by atoms with E-state index in [4.69, 9.17) is 5.73 Å². The lowest BCUT2D eigenvalue weighted by molar-refractivity contribution is 0.599. The van der Waals surface area contributed by atoms with Gasteiger partial charge in [-0.05, 0) is 34.1 Å². The van der Waals surface area contributed by atoms with Crippen LogP contribution in [0.25, 0.3) is 0 Å². The Morgan fingerprint density at radius 2 is 2.12 bits per heavy atom. The minimum atomic E-state index is -2.87. The fraction of sp³-hybridized carbons (Fsp3) is 0.400. The molecular weight excluding hydrogens is 310 g/mol. The maximum absolute atomic E-state index is 11.3. The van der Waals surface area contributed by atoms with Gasteiger partial charge in [0.2, 0.25) is 0 Å². The van der Waals surface area contributed by atoms with Crippen LogP contribution in [0.15, 0.2) is 27.6 Å². The van der Waals surface area contributed by atoms with E-state index in [-0.39, 0.29) is 11.5 Å². The lowest BCUT2D eigenvalue weighted by Crippen LogP contribution is -2.10. The molecular formula is C10H14BrNO2S2. The normalized spacial score (nSPS) is 11.6. The Labute approximate surface area is 109 Å². The minimum absolute atomic E-state index is 0.205. The van der Waals surface area contributed by atoms with E-state index in [0.29, 0.717) is 11.4 Å². The summed E-state index contributed by atoms with van der Waals surface area (Å²) in [6.07, 6.45) is 0. The molecule has 0 bridgehead atoms. The summed E-state index contributed by atoms with van der Waals surface area (Å²) in [5.74, 6) is 0.986. The third kappa shape index (κ3) is 4.35. The molecule has 1 aromatic carbocycles. The van der Waals surface area contributed by atoms with Gasteiger partial charge in [-0.25, -0.2) is 8.42 Å². The summed E-state index contributed by atoms with van der Waals surface area (Å²) >= 11 is 4.91. The molecule has 0 unspecified atom stereocenters. The first-order chi connectivity index (χ1) is 7.44. The third-order valence-electron chi connectivity index (χ3n) is 2.05. The van der Waals surface area contributed by atoms with E-state index >= 15 is 0 Å². The molecule has 0 amide bonds. The van der Waals surface area contributed by atoms with Crippen LogP contribution in [-0.2, 0) is 9.84 Å². The predicted octanol–water partition coefficient (Wildman–Crippen LogP) is 2.56. The molecule has 90 valence electrons. The molecule has 0 saturated heterocycles. The van der Waals surface area contributed by atoms with Crippen LogP contribution < -0.4 is 5.73 Å². The van der Waals surface area contributed by atoms with Crippen molar-refractivity contribution in [2.45, 2.75) is 11.8 Å². The van der Waals surface area contributed by atoms with Crippen LogP contribution in [0.5, 0.6) is 0 Å². The van der Waals surface area contributed by atoms with Gasteiger partial charge in [-0.2, -0.15) is 0 Å². The van der Waals surface area contributed by atoms with Crippen molar-refractivity contribution in [1.82, 2.24) is 0 Å². The lowest BCUT2D eigenvalue weighted by atomic mass is 10.3. The standard InChI is InChI=1S/C10H14BrNO2S2/c1-2-16(13,14)6-5-15-10-4-3-8(12)7-9(10)11/h3-4,7H,2,5-6,12H2,1H3. The summed E-state index contributed by atoms with van der Waals surface area (Å²) in [5, 5.41) is 0. The van der Waals surface area contributed by atoms with Crippen molar-refractivity contribution < 1.29 is 8.42 Å². The molecule has 3 nitrogen and oxygen atoms in total. The second-order valence-corrected chi connectivity index (χ2v) is 7.74. The molecule has 2 N–H and O–H groups in total. The largest absolute Gasteiger partial charge is 0.399 e. The first kappa shape index (κ1) is 13.9. The van der Waals surface area contributed by atoms with Crippen molar-refractivity contribution in [1.29, 1.82) is 0 Å². The highest BCUT2D eigenvalue weighted by Crippen LogP contribution is 2.29. The average molecular weight is 324 g/mol. The number of hydrogen-bond acceptors (Lipinski definition) is 4. The van der Waals surface area contributed by atoms with Crippen LogP contribution in [-0.4, -0.2) is 25.7 Å². The number of nitrogens with two attached hydrogens (primary N) is 1. The molecule has 0 fully saturated rings. The molecule has 0 radical (unpaired) electrons. The van der Waals surface area contributed by atoms with Crippen molar-refractivity contribution in [2.24, 2.45) is 0 Å². The number of benzene rings is 1. The number of sulfone groups is 1. The van der Waals surface area contributed by atoms with E-state index in [1.54, 1.807) is 13.0 Å². The van der Waals surface area contributed by atoms with Gasteiger partial charge in [0.15, 0.2) is 9.84 Å². The van der Waals surface area contributed by atoms with Gasteiger partial charge in [0.05, 0.1) is 5.75 Å². The molecule has 0 aliphatic carbocycles. The highest BCUT2D eigenvalue weighted by molar-refractivity contribution is 9.10. The topological polar surface area (TPSA) is 60.2 Å². The van der Waals surface area contributed by atoms with Crippen LogP contribution in [0.1, 0.15) is 6.92 Å². The monoisotopic (exact) mass is 323 g/mol. The zero-order valence-corrected chi connectivity index (χ0v) is 12.2. The summed E-state index contributed by atoms with van der Waals surface area (Å²) in [7, 11) is -2.87. The third-order valence-corrected chi connectivity index (χ3v) is 6.01. The number of thioether (sulfide) groups is 1. The SMILES string of the molecule is CCS(=O)(=O)CCSc1ccc(N)cc1Br. The second kappa shape index (κ2) is 5.93. The zero-order chi connectivity index (χ0) is 12.2. The van der Waals surface area contributed by atoms with Crippen molar-refractivity contribution in [2.75, 3.05) is 23.0 Å². The van der Waals surface area contributed by atoms with Gasteiger partial charge in [-0.15, -0.1) is 11.8 Å². The summed E-state index contributed by atoms with van der Waals surface area (Å²) in [6, 6.07) is 5.51. The van der Waals surface area contributed by atoms with Crippen molar-refractivity contribution in [3.63, 3.8) is 0 Å². The fourth-order valence-electron chi connectivity index (χ4n) is 1.06. The molecule has 0 aliphatic rings. The number of rotatable bonds is 5. The number of anilines is 1. The quantitative estimate of drug-likeness (QED) is 0.668. The van der Waals surface area contributed by atoms with Crippen LogP contribution in [0.3, 0.4) is 0 Å². The van der Waals surface area contributed by atoms with Gasteiger partial charge < -0.3 is 5.73 Å². The van der Waals surface area contributed by atoms with Gasteiger partial charge in [0.1, 0.15) is 0 Å². The van der Waals surface area contributed by atoms with E-state index < -0.39 is 9.84 Å². The van der Waals surface area contributed by atoms with Crippen LogP contribution >= 0.6 is 27.7 Å². The minimum Gasteiger partial charge on any atom is -0.399 e. The average Bonchev–Trinajstić information content (AvgIpc) is 2.21. The number of nitrogen functional groups attached to an aromatic ring is 1. The van der Waals surface area contributed by atoms with Gasteiger partial charge in [0, 0.05) is 26.6 Å². The Kier molecular flexibility index (Phi) is 5.14. The van der Waals surface area contributed by atoms with Gasteiger partial charge in [-0.1, -0.05) is 6.92 Å². The van der Waals surface area contributed by atoms with Crippen LogP contribution in [0, 0.1) is 0 Å². The molecule has 0 atom stereocenters. The van der Waals surface area contributed by atoms with Gasteiger partial charge in [0.25, 0.3) is 0 Å². The Bertz CT molecular complexity index is 460. The summed E-state index contributed by atoms with van der Waals surface area (Å²) in [5.41, 5.74) is 6.30. The van der Waals surface area contributed by atoms with E-state index in [9.17, 15) is 8.42 Å². The maximum atomic E-state index is 11.3. The lowest BCUT2D eigenvalue weighted by Gasteiger charge is -2.05. The Morgan fingerprint density at radius 1 is 1.44 bits per heavy atom. The highest BCUT2D eigenvalue weighted by Gasteiger charge is 2.08. The smallest absolute Gasteiger partial charge is 0.150 e. The zero-order valence-electron chi connectivity index (χ0n) is 8.94. The van der Waals surface area contributed by atoms with Crippen molar-refractivity contribution in [3.8, 4) is 0 Å². The summed E-state index contributed by atoms with van der Waals surface area (Å²) in [4.78, 5) is 1.01. The van der Waals surface area contributed by atoms with Crippen LogP contribution in [0.4, 0.5) is 5.69 Å². The van der Waals surface area contributed by atoms with E-state index in [2.05, 4.69) is 15.9 Å². The molecule has 0 saturated carbocycles. The molecule has 1 aromatic rings. The Hall–Kier alpha value is -0.200. The van der Waals surface area contributed by atoms with Gasteiger partial charge >= 0.3 is 0 Å². The first-order valence-corrected chi connectivity index (χ1v) is 8.43. The summed E-state index contributed by atoms with van der Waals surface area (Å²) in [6.45, 7) is 1.67. The first-order valence-electron chi connectivity index (χ1n) is 4.83. The maximum Gasteiger partial charge on any atom is 0.150 e. The Morgan fingerprint density at radius 3 is 2.69 bits per heavy atom. The van der Waals surface area contributed by atoms with E-state index in [1.807, 2.05) is 12.1 Å². The predicted molar refractivity (Wildman–Crippen MR) is 73.6 cm³/mol. The molecule has 6 heteroatoms. The number of halogens is 1. The van der Waals surface area contributed by atoms with Crippen LogP contribution in [0.2, 0.25) is 0 Å². The molecule has 0 aromatic heterocycles. The van der Waals surface area contributed by atoms with E-state index in [0.717, 1.165) is 9.37 Å². The fourth-order valence-corrected chi connectivity index (χ4v) is 4.02. The second-order valence-electron chi connectivity index (χ2n) is 3.27. The summed E-state index contributed by atoms with van der Waals surface area (Å²) < 4.78 is 23.5. The molecule has 0 spiro atoms. The molecule has 16 heavy (non-hydrogen) atoms. The molecule has 0 aliphatic heterocycles. The number of hydrogen-bond donors (Lipinski definition) is 1. The van der Waals surface area contributed by atoms with Crippen molar-refractivity contribution >= 4 is 43.2 Å². The van der Waals surface area contributed by atoms with E-state index in [1.165, 1.54) is 11.8 Å². The molecule has 1 rings (SSSR count). The molecule has 0 heterocycles. The highest BCUT2D eigenvalue weighted by atomic mass is 79.9. The van der Waals surface area contributed by atoms with Crippen molar-refractivity contribution in [3.05, 3.63) is 22.7 Å².